The predicted molar refractivity (Wildman–Crippen MR) is 98.5 cm³/mol. The Labute approximate surface area is 153 Å². The van der Waals surface area contributed by atoms with E-state index in [2.05, 4.69) is 26.0 Å². The van der Waals surface area contributed by atoms with Crippen molar-refractivity contribution in [3.63, 3.8) is 0 Å². The van der Waals surface area contributed by atoms with Gasteiger partial charge in [-0.05, 0) is 35.9 Å². The number of carbonyl (C=O) groups is 1. The summed E-state index contributed by atoms with van der Waals surface area (Å²) in [7, 11) is 0. The molecule has 1 amide bonds. The standard InChI is InChI=1S/C18H14ClN5O2/c19-13-7-5-11(6-8-13)17-21-18(26-24-17)23-22-16(25)9-12-10-20-15-4-2-1-3-14(12)15/h1-8,10,20H,9H2,(H,22,25)(H,21,23,24). The van der Waals surface area contributed by atoms with Crippen molar-refractivity contribution in [2.45, 2.75) is 6.42 Å². The van der Waals surface area contributed by atoms with Crippen molar-refractivity contribution in [3.05, 3.63) is 65.3 Å². The number of aromatic nitrogens is 3. The highest BCUT2D eigenvalue weighted by atomic mass is 35.5. The Hall–Kier alpha value is -3.32. The highest BCUT2D eigenvalue weighted by molar-refractivity contribution is 6.30. The van der Waals surface area contributed by atoms with Crippen LogP contribution < -0.4 is 10.9 Å². The van der Waals surface area contributed by atoms with Crippen molar-refractivity contribution < 1.29 is 9.32 Å². The van der Waals surface area contributed by atoms with E-state index in [1.54, 1.807) is 24.3 Å². The number of anilines is 1. The first-order valence-electron chi connectivity index (χ1n) is 7.88. The molecule has 0 radical (unpaired) electrons. The Kier molecular flexibility index (Phi) is 4.28. The van der Waals surface area contributed by atoms with Gasteiger partial charge in [0.05, 0.1) is 6.42 Å². The summed E-state index contributed by atoms with van der Waals surface area (Å²) in [5.74, 6) is 0.177. The molecule has 0 aliphatic carbocycles. The van der Waals surface area contributed by atoms with Crippen molar-refractivity contribution in [1.29, 1.82) is 0 Å². The number of fused-ring (bicyclic) bond motifs is 1. The maximum atomic E-state index is 12.1. The summed E-state index contributed by atoms with van der Waals surface area (Å²) in [5.41, 5.74) is 7.85. The van der Waals surface area contributed by atoms with E-state index in [1.165, 1.54) is 0 Å². The van der Waals surface area contributed by atoms with Crippen LogP contribution in [0, 0.1) is 0 Å². The van der Waals surface area contributed by atoms with Crippen LogP contribution in [0.3, 0.4) is 0 Å². The average molecular weight is 368 g/mol. The lowest BCUT2D eigenvalue weighted by Gasteiger charge is -2.03. The van der Waals surface area contributed by atoms with Crippen molar-refractivity contribution in [3.8, 4) is 11.4 Å². The van der Waals surface area contributed by atoms with Gasteiger partial charge in [0.1, 0.15) is 0 Å². The number of aromatic amines is 1. The zero-order valence-electron chi connectivity index (χ0n) is 13.5. The molecule has 2 heterocycles. The van der Waals surface area contributed by atoms with Crippen LogP contribution in [-0.2, 0) is 11.2 Å². The number of rotatable bonds is 5. The van der Waals surface area contributed by atoms with E-state index in [4.69, 9.17) is 16.1 Å². The van der Waals surface area contributed by atoms with Crippen molar-refractivity contribution in [1.82, 2.24) is 20.6 Å². The molecule has 2 aromatic carbocycles. The zero-order chi connectivity index (χ0) is 17.9. The molecular weight excluding hydrogens is 354 g/mol. The molecule has 0 saturated carbocycles. The van der Waals surface area contributed by atoms with Crippen molar-refractivity contribution in [2.24, 2.45) is 0 Å². The Bertz CT molecular complexity index is 1050. The Morgan fingerprint density at radius 3 is 2.81 bits per heavy atom. The van der Waals surface area contributed by atoms with Gasteiger partial charge in [0.15, 0.2) is 0 Å². The minimum atomic E-state index is -0.221. The molecule has 0 spiro atoms. The molecule has 0 fully saturated rings. The molecule has 3 N–H and O–H groups in total. The maximum absolute atomic E-state index is 12.1. The lowest BCUT2D eigenvalue weighted by atomic mass is 10.1. The first-order chi connectivity index (χ1) is 12.7. The van der Waals surface area contributed by atoms with Crippen LogP contribution in [-0.4, -0.2) is 21.0 Å². The summed E-state index contributed by atoms with van der Waals surface area (Å²) >= 11 is 5.86. The van der Waals surface area contributed by atoms with Gasteiger partial charge < -0.3 is 9.51 Å². The fraction of sp³-hybridized carbons (Fsp3) is 0.0556. The second-order valence-corrected chi connectivity index (χ2v) is 6.08. The van der Waals surface area contributed by atoms with Crippen LogP contribution in [0.25, 0.3) is 22.3 Å². The second-order valence-electron chi connectivity index (χ2n) is 5.64. The number of benzene rings is 2. The summed E-state index contributed by atoms with van der Waals surface area (Å²) in [5, 5.41) is 5.51. The number of carbonyl (C=O) groups excluding carboxylic acids is 1. The fourth-order valence-corrected chi connectivity index (χ4v) is 2.73. The number of para-hydroxylation sites is 1. The number of H-pyrrole nitrogens is 1. The van der Waals surface area contributed by atoms with Gasteiger partial charge in [-0.2, -0.15) is 4.98 Å². The van der Waals surface area contributed by atoms with E-state index < -0.39 is 0 Å². The number of halogens is 1. The molecule has 4 rings (SSSR count). The molecule has 2 aromatic heterocycles. The van der Waals surface area contributed by atoms with E-state index in [-0.39, 0.29) is 18.3 Å². The molecule has 8 heteroatoms. The summed E-state index contributed by atoms with van der Waals surface area (Å²) in [6.07, 6.45) is 2.05. The Morgan fingerprint density at radius 1 is 1.15 bits per heavy atom. The largest absolute Gasteiger partial charge is 0.361 e. The summed E-state index contributed by atoms with van der Waals surface area (Å²) in [6.45, 7) is 0. The second kappa shape index (κ2) is 6.89. The lowest BCUT2D eigenvalue weighted by Crippen LogP contribution is -2.30. The molecule has 0 bridgehead atoms. The van der Waals surface area contributed by atoms with E-state index in [0.717, 1.165) is 22.0 Å². The number of nitrogens with one attached hydrogen (secondary N) is 3. The van der Waals surface area contributed by atoms with E-state index in [0.29, 0.717) is 10.8 Å². The van der Waals surface area contributed by atoms with E-state index in [1.807, 2.05) is 30.5 Å². The fourth-order valence-electron chi connectivity index (χ4n) is 2.61. The number of hydrogen-bond acceptors (Lipinski definition) is 5. The van der Waals surface area contributed by atoms with Crippen LogP contribution >= 0.6 is 11.6 Å². The molecule has 0 saturated heterocycles. The van der Waals surface area contributed by atoms with Gasteiger partial charge in [-0.25, -0.2) is 5.43 Å². The van der Waals surface area contributed by atoms with E-state index >= 15 is 0 Å². The molecule has 0 unspecified atom stereocenters. The predicted octanol–water partition coefficient (Wildman–Crippen LogP) is 3.56. The number of amides is 1. The number of nitrogens with zero attached hydrogens (tertiary/aromatic N) is 2. The van der Waals surface area contributed by atoms with Gasteiger partial charge in [-0.15, -0.1) is 0 Å². The van der Waals surface area contributed by atoms with Crippen LogP contribution in [0.5, 0.6) is 0 Å². The van der Waals surface area contributed by atoms with Crippen LogP contribution in [0.2, 0.25) is 5.02 Å². The molecule has 0 aliphatic heterocycles. The first kappa shape index (κ1) is 16.2. The molecule has 0 atom stereocenters. The lowest BCUT2D eigenvalue weighted by molar-refractivity contribution is -0.120. The van der Waals surface area contributed by atoms with Gasteiger partial charge in [0.25, 0.3) is 0 Å². The third-order valence-corrected chi connectivity index (χ3v) is 4.12. The molecule has 7 nitrogen and oxygen atoms in total. The maximum Gasteiger partial charge on any atom is 0.340 e. The van der Waals surface area contributed by atoms with Gasteiger partial charge in [-0.3, -0.25) is 10.2 Å². The van der Waals surface area contributed by atoms with E-state index in [9.17, 15) is 4.79 Å². The van der Waals surface area contributed by atoms with Gasteiger partial charge in [-0.1, -0.05) is 35.0 Å². The van der Waals surface area contributed by atoms with Gasteiger partial charge >= 0.3 is 6.01 Å². The number of hydrogen-bond donors (Lipinski definition) is 3. The topological polar surface area (TPSA) is 95.8 Å². The summed E-state index contributed by atoms with van der Waals surface area (Å²) in [4.78, 5) is 19.5. The Morgan fingerprint density at radius 2 is 1.96 bits per heavy atom. The molecular formula is C18H14ClN5O2. The Balaban J connectivity index is 1.38. The average Bonchev–Trinajstić information content (AvgIpc) is 3.28. The van der Waals surface area contributed by atoms with Crippen LogP contribution in [0.1, 0.15) is 5.56 Å². The van der Waals surface area contributed by atoms with Crippen LogP contribution in [0.15, 0.2) is 59.3 Å². The summed E-state index contributed by atoms with van der Waals surface area (Å²) < 4.78 is 5.08. The molecule has 4 aromatic rings. The smallest absolute Gasteiger partial charge is 0.340 e. The molecule has 130 valence electrons. The van der Waals surface area contributed by atoms with Gasteiger partial charge in [0, 0.05) is 27.7 Å². The van der Waals surface area contributed by atoms with Crippen molar-refractivity contribution >= 4 is 34.4 Å². The SMILES string of the molecule is O=C(Cc1c[nH]c2ccccc12)NNc1nc(-c2ccc(Cl)cc2)no1. The monoisotopic (exact) mass is 367 g/mol. The molecule has 0 aliphatic rings. The zero-order valence-corrected chi connectivity index (χ0v) is 14.2. The third-order valence-electron chi connectivity index (χ3n) is 3.86. The quantitative estimate of drug-likeness (QED) is 0.469. The highest BCUT2D eigenvalue weighted by Gasteiger charge is 2.11. The summed E-state index contributed by atoms with van der Waals surface area (Å²) in [6, 6.07) is 15.0. The van der Waals surface area contributed by atoms with Crippen molar-refractivity contribution in [2.75, 3.05) is 5.43 Å². The minimum Gasteiger partial charge on any atom is -0.361 e. The minimum absolute atomic E-state index is 0.0993. The molecule has 26 heavy (non-hydrogen) atoms. The normalized spacial score (nSPS) is 10.8. The third kappa shape index (κ3) is 3.38. The highest BCUT2D eigenvalue weighted by Crippen LogP contribution is 2.20. The number of hydrazine groups is 1. The van der Waals surface area contributed by atoms with Gasteiger partial charge in [0.2, 0.25) is 11.7 Å². The first-order valence-corrected chi connectivity index (χ1v) is 8.26. The van der Waals surface area contributed by atoms with Crippen LogP contribution in [0.4, 0.5) is 6.01 Å².